The molecule has 0 atom stereocenters. The molecule has 0 aliphatic rings. The Bertz CT molecular complexity index is 722. The van der Waals surface area contributed by atoms with Crippen LogP contribution in [0, 0.1) is 0 Å². The molecule has 0 aliphatic heterocycles. The quantitative estimate of drug-likeness (QED) is 0.772. The Morgan fingerprint density at radius 3 is 2.57 bits per heavy atom. The first-order valence-electron chi connectivity index (χ1n) is 6.83. The fourth-order valence-electron chi connectivity index (χ4n) is 1.86. The lowest BCUT2D eigenvalue weighted by molar-refractivity contribution is 0.885. The summed E-state index contributed by atoms with van der Waals surface area (Å²) in [5.41, 5.74) is 0.882. The number of hydrogen-bond acceptors (Lipinski definition) is 5. The van der Waals surface area contributed by atoms with Crippen molar-refractivity contribution < 1.29 is 0 Å². The molecule has 5 heteroatoms. The molecule has 4 nitrogen and oxygen atoms in total. The summed E-state index contributed by atoms with van der Waals surface area (Å²) in [7, 11) is 0. The largest absolute Gasteiger partial charge is 0.325 e. The third kappa shape index (κ3) is 3.25. The van der Waals surface area contributed by atoms with E-state index in [1.165, 1.54) is 4.88 Å². The van der Waals surface area contributed by atoms with Crippen molar-refractivity contribution in [2.45, 2.75) is 19.8 Å². The van der Waals surface area contributed by atoms with Crippen LogP contribution in [0.4, 0.5) is 11.6 Å². The third-order valence-corrected chi connectivity index (χ3v) is 4.30. The minimum absolute atomic E-state index is 0.492. The maximum Gasteiger partial charge on any atom is 0.142 e. The third-order valence-electron chi connectivity index (χ3n) is 2.98. The van der Waals surface area contributed by atoms with Crippen molar-refractivity contribution in [3.63, 3.8) is 0 Å². The topological polar surface area (TPSA) is 50.7 Å². The zero-order valence-electron chi connectivity index (χ0n) is 11.9. The molecule has 0 aliphatic carbocycles. The maximum atomic E-state index is 4.61. The molecule has 0 fully saturated rings. The van der Waals surface area contributed by atoms with Gasteiger partial charge in [-0.05, 0) is 30.2 Å². The van der Waals surface area contributed by atoms with Crippen LogP contribution in [-0.2, 0) is 0 Å². The van der Waals surface area contributed by atoms with Crippen LogP contribution in [-0.4, -0.2) is 15.0 Å². The van der Waals surface area contributed by atoms with Crippen molar-refractivity contribution in [1.82, 2.24) is 15.0 Å². The number of rotatable bonds is 4. The average Bonchev–Trinajstić information content (AvgIpc) is 2.99. The predicted molar refractivity (Wildman–Crippen MR) is 87.0 cm³/mol. The summed E-state index contributed by atoms with van der Waals surface area (Å²) in [6.45, 7) is 4.34. The number of nitrogens with one attached hydrogen (secondary N) is 1. The fraction of sp³-hybridized carbons (Fsp3) is 0.188. The molecule has 0 bridgehead atoms. The van der Waals surface area contributed by atoms with E-state index in [9.17, 15) is 0 Å². The van der Waals surface area contributed by atoms with Gasteiger partial charge in [0.25, 0.3) is 0 Å². The van der Waals surface area contributed by atoms with Gasteiger partial charge >= 0.3 is 0 Å². The second kappa shape index (κ2) is 6.01. The first kappa shape index (κ1) is 13.7. The number of aromatic nitrogens is 3. The van der Waals surface area contributed by atoms with E-state index < -0.39 is 0 Å². The molecule has 0 amide bonds. The van der Waals surface area contributed by atoms with E-state index in [0.717, 1.165) is 22.3 Å². The minimum Gasteiger partial charge on any atom is -0.325 e. The monoisotopic (exact) mass is 296 g/mol. The zero-order valence-corrected chi connectivity index (χ0v) is 12.8. The van der Waals surface area contributed by atoms with Gasteiger partial charge in [0, 0.05) is 17.3 Å². The molecule has 3 aromatic heterocycles. The number of anilines is 2. The molecule has 0 radical (unpaired) electrons. The number of thiazole rings is 1. The van der Waals surface area contributed by atoms with Crippen LogP contribution in [0.3, 0.4) is 0 Å². The summed E-state index contributed by atoms with van der Waals surface area (Å²) in [5, 5.41) is 4.15. The highest BCUT2D eigenvalue weighted by molar-refractivity contribution is 7.15. The van der Waals surface area contributed by atoms with E-state index in [-0.39, 0.29) is 0 Å². The van der Waals surface area contributed by atoms with Crippen LogP contribution in [0.1, 0.15) is 24.6 Å². The summed E-state index contributed by atoms with van der Waals surface area (Å²) >= 11 is 1.69. The van der Waals surface area contributed by atoms with E-state index in [1.807, 2.05) is 42.6 Å². The normalized spacial score (nSPS) is 10.8. The van der Waals surface area contributed by atoms with Crippen LogP contribution in [0.15, 0.2) is 48.8 Å². The Hall–Kier alpha value is -2.27. The van der Waals surface area contributed by atoms with Gasteiger partial charge in [-0.15, -0.1) is 11.3 Å². The van der Waals surface area contributed by atoms with Gasteiger partial charge in [0.05, 0.1) is 0 Å². The van der Waals surface area contributed by atoms with E-state index in [2.05, 4.69) is 34.1 Å². The van der Waals surface area contributed by atoms with Crippen LogP contribution in [0.5, 0.6) is 0 Å². The van der Waals surface area contributed by atoms with Gasteiger partial charge in [0.15, 0.2) is 0 Å². The first-order chi connectivity index (χ1) is 10.2. The second-order valence-electron chi connectivity index (χ2n) is 4.97. The van der Waals surface area contributed by atoms with E-state index in [0.29, 0.717) is 5.92 Å². The summed E-state index contributed by atoms with van der Waals surface area (Å²) < 4.78 is 0. The van der Waals surface area contributed by atoms with Gasteiger partial charge in [-0.3, -0.25) is 0 Å². The molecule has 1 N–H and O–H groups in total. The van der Waals surface area contributed by atoms with Gasteiger partial charge in [0.1, 0.15) is 22.3 Å². The number of pyridine rings is 2. The highest BCUT2D eigenvalue weighted by atomic mass is 32.1. The molecule has 3 rings (SSSR count). The van der Waals surface area contributed by atoms with Crippen molar-refractivity contribution in [2.75, 3.05) is 5.32 Å². The van der Waals surface area contributed by atoms with Crippen LogP contribution < -0.4 is 5.32 Å². The molecule has 3 heterocycles. The molecule has 0 spiro atoms. The van der Waals surface area contributed by atoms with Crippen LogP contribution in [0.25, 0.3) is 10.7 Å². The SMILES string of the molecule is CC(C)c1cnc(-c2cccc(Nc3ccccn3)n2)s1. The predicted octanol–water partition coefficient (Wildman–Crippen LogP) is 4.47. The molecule has 3 aromatic rings. The summed E-state index contributed by atoms with van der Waals surface area (Å²) in [6.07, 6.45) is 3.69. The highest BCUT2D eigenvalue weighted by Gasteiger charge is 2.09. The Morgan fingerprint density at radius 1 is 1.00 bits per heavy atom. The van der Waals surface area contributed by atoms with E-state index in [4.69, 9.17) is 0 Å². The number of hydrogen-bond donors (Lipinski definition) is 1. The lowest BCUT2D eigenvalue weighted by atomic mass is 10.2. The van der Waals surface area contributed by atoms with Crippen molar-refractivity contribution in [1.29, 1.82) is 0 Å². The smallest absolute Gasteiger partial charge is 0.142 e. The van der Waals surface area contributed by atoms with Crippen molar-refractivity contribution in [3.8, 4) is 10.7 Å². The molecule has 0 saturated heterocycles. The summed E-state index contributed by atoms with van der Waals surface area (Å²) in [5.74, 6) is 2.04. The van der Waals surface area contributed by atoms with Crippen LogP contribution in [0.2, 0.25) is 0 Å². The van der Waals surface area contributed by atoms with Crippen molar-refractivity contribution >= 4 is 23.0 Å². The lowest BCUT2D eigenvalue weighted by Crippen LogP contribution is -1.96. The zero-order chi connectivity index (χ0) is 14.7. The van der Waals surface area contributed by atoms with Gasteiger partial charge in [-0.25, -0.2) is 15.0 Å². The van der Waals surface area contributed by atoms with Crippen molar-refractivity contribution in [2.24, 2.45) is 0 Å². The average molecular weight is 296 g/mol. The minimum atomic E-state index is 0.492. The standard InChI is InChI=1S/C16H16N4S/c1-11(2)13-10-18-16(21-13)12-6-5-8-15(19-12)20-14-7-3-4-9-17-14/h3-11H,1-2H3,(H,17,19,20). The molecule has 106 valence electrons. The number of nitrogens with zero attached hydrogens (tertiary/aromatic N) is 3. The highest BCUT2D eigenvalue weighted by Crippen LogP contribution is 2.29. The molecule has 0 saturated carbocycles. The molecular formula is C16H16N4S. The molecule has 0 aromatic carbocycles. The van der Waals surface area contributed by atoms with Gasteiger partial charge in [-0.2, -0.15) is 0 Å². The van der Waals surface area contributed by atoms with Crippen LogP contribution >= 0.6 is 11.3 Å². The second-order valence-corrected chi connectivity index (χ2v) is 6.03. The van der Waals surface area contributed by atoms with E-state index in [1.54, 1.807) is 17.5 Å². The summed E-state index contributed by atoms with van der Waals surface area (Å²) in [6, 6.07) is 11.6. The van der Waals surface area contributed by atoms with E-state index >= 15 is 0 Å². The fourth-order valence-corrected chi connectivity index (χ4v) is 2.75. The Labute approximate surface area is 127 Å². The molecule has 0 unspecified atom stereocenters. The van der Waals surface area contributed by atoms with Gasteiger partial charge < -0.3 is 5.32 Å². The Morgan fingerprint density at radius 2 is 1.86 bits per heavy atom. The molecule has 21 heavy (non-hydrogen) atoms. The maximum absolute atomic E-state index is 4.61. The lowest BCUT2D eigenvalue weighted by Gasteiger charge is -2.05. The van der Waals surface area contributed by atoms with Crippen molar-refractivity contribution in [3.05, 3.63) is 53.7 Å². The Kier molecular flexibility index (Phi) is 3.92. The van der Waals surface area contributed by atoms with Gasteiger partial charge in [0.2, 0.25) is 0 Å². The van der Waals surface area contributed by atoms with Gasteiger partial charge in [-0.1, -0.05) is 26.0 Å². The first-order valence-corrected chi connectivity index (χ1v) is 7.65. The Balaban J connectivity index is 1.85. The summed E-state index contributed by atoms with van der Waals surface area (Å²) in [4.78, 5) is 14.6. The molecular weight excluding hydrogens is 280 g/mol.